The van der Waals surface area contributed by atoms with Crippen LogP contribution in [0, 0.1) is 0 Å². The summed E-state index contributed by atoms with van der Waals surface area (Å²) in [4.78, 5) is 4.13. The maximum absolute atomic E-state index is 9.72. The second kappa shape index (κ2) is 3.48. The van der Waals surface area contributed by atoms with E-state index in [0.717, 1.165) is 10.9 Å². The maximum Gasteiger partial charge on any atom is 0.222 e. The average molecular weight is 227 g/mol. The molecule has 84 valence electrons. The van der Waals surface area contributed by atoms with Gasteiger partial charge in [0.1, 0.15) is 17.0 Å². The number of nitrogen functional groups attached to an aromatic ring is 1. The first-order chi connectivity index (χ1) is 8.25. The van der Waals surface area contributed by atoms with Gasteiger partial charge in [-0.05, 0) is 18.2 Å². The van der Waals surface area contributed by atoms with Gasteiger partial charge in [-0.2, -0.15) is 0 Å². The lowest BCUT2D eigenvalue weighted by molar-refractivity contribution is 0.439. The van der Waals surface area contributed by atoms with Crippen molar-refractivity contribution in [2.45, 2.75) is 0 Å². The highest BCUT2D eigenvalue weighted by Gasteiger charge is 2.11. The Bertz CT molecular complexity index is 691. The Hall–Kier alpha value is -2.56. The van der Waals surface area contributed by atoms with E-state index in [-0.39, 0.29) is 11.6 Å². The zero-order valence-electron chi connectivity index (χ0n) is 8.79. The van der Waals surface area contributed by atoms with Crippen molar-refractivity contribution in [2.24, 2.45) is 0 Å². The molecule has 1 aromatic carbocycles. The summed E-state index contributed by atoms with van der Waals surface area (Å²) in [6, 6.07) is 8.64. The molecule has 0 fully saturated rings. The number of phenolic OH excluding ortho intramolecular Hbond substituents is 1. The van der Waals surface area contributed by atoms with Gasteiger partial charge in [-0.25, -0.2) is 0 Å². The normalized spacial score (nSPS) is 10.8. The minimum Gasteiger partial charge on any atom is -0.506 e. The van der Waals surface area contributed by atoms with Crippen LogP contribution in [0.15, 0.2) is 41.1 Å². The molecular formula is C12H9N3O2. The van der Waals surface area contributed by atoms with Crippen molar-refractivity contribution in [3.63, 3.8) is 0 Å². The Morgan fingerprint density at radius 1 is 1.24 bits per heavy atom. The van der Waals surface area contributed by atoms with E-state index in [9.17, 15) is 5.11 Å². The molecular weight excluding hydrogens is 218 g/mol. The van der Waals surface area contributed by atoms with E-state index >= 15 is 0 Å². The minimum atomic E-state index is 0.140. The van der Waals surface area contributed by atoms with E-state index in [2.05, 4.69) is 10.1 Å². The Morgan fingerprint density at radius 3 is 2.88 bits per heavy atom. The largest absolute Gasteiger partial charge is 0.506 e. The molecule has 0 aliphatic heterocycles. The molecule has 3 aromatic rings. The monoisotopic (exact) mass is 227 g/mol. The fourth-order valence-corrected chi connectivity index (χ4v) is 1.80. The smallest absolute Gasteiger partial charge is 0.222 e. The number of benzene rings is 1. The van der Waals surface area contributed by atoms with Gasteiger partial charge >= 0.3 is 0 Å². The van der Waals surface area contributed by atoms with E-state index in [1.165, 1.54) is 0 Å². The summed E-state index contributed by atoms with van der Waals surface area (Å²) in [6.07, 6.45) is 1.63. The molecule has 17 heavy (non-hydrogen) atoms. The summed E-state index contributed by atoms with van der Waals surface area (Å²) in [5.74, 6) is 0.394. The van der Waals surface area contributed by atoms with Crippen LogP contribution >= 0.6 is 0 Å². The molecule has 2 aromatic heterocycles. The Kier molecular flexibility index (Phi) is 1.98. The predicted molar refractivity (Wildman–Crippen MR) is 63.3 cm³/mol. The summed E-state index contributed by atoms with van der Waals surface area (Å²) in [5, 5.41) is 14.4. The molecule has 5 nitrogen and oxygen atoms in total. The topological polar surface area (TPSA) is 85.2 Å². The van der Waals surface area contributed by atoms with E-state index in [4.69, 9.17) is 10.3 Å². The first kappa shape index (κ1) is 9.65. The molecule has 0 unspecified atom stereocenters. The third-order valence-electron chi connectivity index (χ3n) is 2.55. The molecule has 3 N–H and O–H groups in total. The SMILES string of the molecule is Nc1cc(-c2ccc(O)c3ncccc23)no1. The van der Waals surface area contributed by atoms with Gasteiger partial charge in [-0.3, -0.25) is 4.98 Å². The molecule has 3 rings (SSSR count). The molecule has 0 aliphatic carbocycles. The molecule has 0 bridgehead atoms. The van der Waals surface area contributed by atoms with Gasteiger partial charge in [-0.1, -0.05) is 11.2 Å². The number of nitrogens with zero attached hydrogens (tertiary/aromatic N) is 2. The fraction of sp³-hybridized carbons (Fsp3) is 0. The molecule has 0 spiro atoms. The number of hydrogen-bond acceptors (Lipinski definition) is 5. The van der Waals surface area contributed by atoms with Crippen LogP contribution in [0.25, 0.3) is 22.2 Å². The molecule has 0 radical (unpaired) electrons. The molecule has 0 aliphatic rings. The van der Waals surface area contributed by atoms with Gasteiger partial charge in [0.2, 0.25) is 5.88 Å². The highest BCUT2D eigenvalue weighted by Crippen LogP contribution is 2.32. The fourth-order valence-electron chi connectivity index (χ4n) is 1.80. The number of hydrogen-bond donors (Lipinski definition) is 2. The van der Waals surface area contributed by atoms with Gasteiger partial charge in [0.05, 0.1) is 0 Å². The third kappa shape index (κ3) is 1.48. The summed E-state index contributed by atoms with van der Waals surface area (Å²) in [6.45, 7) is 0. The molecule has 0 amide bonds. The standard InChI is InChI=1S/C12H9N3O2/c13-11-6-9(15-17-11)7-3-4-10(16)12-8(7)2-1-5-14-12/h1-6,16H,13H2. The zero-order chi connectivity index (χ0) is 11.8. The molecule has 0 saturated heterocycles. The Morgan fingerprint density at radius 2 is 2.12 bits per heavy atom. The van der Waals surface area contributed by atoms with Crippen molar-refractivity contribution in [1.82, 2.24) is 10.1 Å². The van der Waals surface area contributed by atoms with Gasteiger partial charge in [-0.15, -0.1) is 0 Å². The maximum atomic E-state index is 9.72. The van der Waals surface area contributed by atoms with Crippen molar-refractivity contribution in [2.75, 3.05) is 5.73 Å². The molecule has 2 heterocycles. The number of pyridine rings is 1. The van der Waals surface area contributed by atoms with Crippen LogP contribution in [0.1, 0.15) is 0 Å². The summed E-state index contributed by atoms with van der Waals surface area (Å²) in [7, 11) is 0. The molecule has 0 atom stereocenters. The van der Waals surface area contributed by atoms with E-state index < -0.39 is 0 Å². The second-order valence-electron chi connectivity index (χ2n) is 3.65. The summed E-state index contributed by atoms with van der Waals surface area (Å²) < 4.78 is 4.84. The zero-order valence-corrected chi connectivity index (χ0v) is 8.79. The van der Waals surface area contributed by atoms with Crippen LogP contribution in [0.4, 0.5) is 5.88 Å². The Balaban J connectivity index is 2.34. The molecule has 5 heteroatoms. The molecule has 0 saturated carbocycles. The number of phenols is 1. The van der Waals surface area contributed by atoms with E-state index in [1.807, 2.05) is 6.07 Å². The van der Waals surface area contributed by atoms with Crippen LogP contribution < -0.4 is 5.73 Å². The van der Waals surface area contributed by atoms with Crippen molar-refractivity contribution in [1.29, 1.82) is 0 Å². The van der Waals surface area contributed by atoms with E-state index in [1.54, 1.807) is 30.5 Å². The predicted octanol–water partition coefficient (Wildman–Crippen LogP) is 2.18. The number of rotatable bonds is 1. The summed E-state index contributed by atoms with van der Waals surface area (Å²) in [5.41, 5.74) is 7.48. The lowest BCUT2D eigenvalue weighted by atomic mass is 10.1. The lowest BCUT2D eigenvalue weighted by Crippen LogP contribution is -1.84. The second-order valence-corrected chi connectivity index (χ2v) is 3.65. The highest BCUT2D eigenvalue weighted by molar-refractivity contribution is 5.96. The van der Waals surface area contributed by atoms with Crippen LogP contribution in [-0.2, 0) is 0 Å². The van der Waals surface area contributed by atoms with Crippen molar-refractivity contribution in [3.05, 3.63) is 36.5 Å². The van der Waals surface area contributed by atoms with Crippen molar-refractivity contribution in [3.8, 4) is 17.0 Å². The van der Waals surface area contributed by atoms with Crippen molar-refractivity contribution >= 4 is 16.8 Å². The highest BCUT2D eigenvalue weighted by atomic mass is 16.5. The minimum absolute atomic E-state index is 0.140. The van der Waals surface area contributed by atoms with Crippen LogP contribution in [0.3, 0.4) is 0 Å². The van der Waals surface area contributed by atoms with Crippen molar-refractivity contribution < 1.29 is 9.63 Å². The van der Waals surface area contributed by atoms with Crippen LogP contribution in [0.5, 0.6) is 5.75 Å². The summed E-state index contributed by atoms with van der Waals surface area (Å²) >= 11 is 0. The van der Waals surface area contributed by atoms with Gasteiger partial charge < -0.3 is 15.4 Å². The van der Waals surface area contributed by atoms with Gasteiger partial charge in [0.25, 0.3) is 0 Å². The third-order valence-corrected chi connectivity index (χ3v) is 2.55. The van der Waals surface area contributed by atoms with Crippen LogP contribution in [0.2, 0.25) is 0 Å². The number of nitrogens with two attached hydrogens (primary N) is 1. The first-order valence-electron chi connectivity index (χ1n) is 5.05. The Labute approximate surface area is 96.5 Å². The first-order valence-corrected chi connectivity index (χ1v) is 5.05. The number of aromatic nitrogens is 2. The van der Waals surface area contributed by atoms with E-state index in [0.29, 0.717) is 11.2 Å². The number of fused-ring (bicyclic) bond motifs is 1. The number of aromatic hydroxyl groups is 1. The number of anilines is 1. The van der Waals surface area contributed by atoms with Gasteiger partial charge in [0, 0.05) is 23.2 Å². The van der Waals surface area contributed by atoms with Gasteiger partial charge in [0.15, 0.2) is 0 Å². The average Bonchev–Trinajstić information content (AvgIpc) is 2.77. The lowest BCUT2D eigenvalue weighted by Gasteiger charge is -2.04. The quantitative estimate of drug-likeness (QED) is 0.665. The van der Waals surface area contributed by atoms with Crippen LogP contribution in [-0.4, -0.2) is 15.2 Å².